The van der Waals surface area contributed by atoms with Gasteiger partial charge in [-0.3, -0.25) is 4.99 Å². The molecule has 0 saturated carbocycles. The van der Waals surface area contributed by atoms with Crippen LogP contribution in [0.15, 0.2) is 27.8 Å². The van der Waals surface area contributed by atoms with E-state index in [0.29, 0.717) is 0 Å². The monoisotopic (exact) mass is 435 g/mol. The Morgan fingerprint density at radius 2 is 2.17 bits per heavy atom. The lowest BCUT2D eigenvalue weighted by Crippen LogP contribution is -2.39. The Bertz CT molecular complexity index is 417. The Kier molecular flexibility index (Phi) is 11.1. The summed E-state index contributed by atoms with van der Waals surface area (Å²) in [7, 11) is 0. The normalized spacial score (nSPS) is 18.3. The van der Waals surface area contributed by atoms with Crippen LogP contribution >= 0.6 is 24.0 Å². The molecule has 1 fully saturated rings. The van der Waals surface area contributed by atoms with Crippen molar-refractivity contribution < 1.29 is 9.15 Å². The highest BCUT2D eigenvalue weighted by Gasteiger charge is 2.13. The number of aliphatic imine (C=N–C) groups is 1. The lowest BCUT2D eigenvalue weighted by atomic mass is 10.1. The SMILES string of the molecule is CCCCNC(=NCC1CCCCO1)NCCc1ccco1.I. The van der Waals surface area contributed by atoms with Crippen molar-refractivity contribution in [2.24, 2.45) is 4.99 Å². The summed E-state index contributed by atoms with van der Waals surface area (Å²) in [5.74, 6) is 1.88. The van der Waals surface area contributed by atoms with E-state index in [9.17, 15) is 0 Å². The van der Waals surface area contributed by atoms with E-state index in [0.717, 1.165) is 57.2 Å². The molecule has 1 aromatic rings. The minimum atomic E-state index is 0. The van der Waals surface area contributed by atoms with Gasteiger partial charge in [-0.1, -0.05) is 13.3 Å². The third-order valence-electron chi connectivity index (χ3n) is 3.79. The van der Waals surface area contributed by atoms with Crippen LogP contribution in [-0.2, 0) is 11.2 Å². The summed E-state index contributed by atoms with van der Waals surface area (Å²) in [6.07, 6.45) is 8.75. The molecule has 0 amide bonds. The number of hydrogen-bond donors (Lipinski definition) is 2. The zero-order valence-corrected chi connectivity index (χ0v) is 16.4. The van der Waals surface area contributed by atoms with Gasteiger partial charge in [0.15, 0.2) is 5.96 Å². The van der Waals surface area contributed by atoms with Gasteiger partial charge in [-0.2, -0.15) is 0 Å². The molecule has 0 aromatic carbocycles. The first kappa shape index (κ1) is 20.3. The minimum absolute atomic E-state index is 0. The molecule has 1 aromatic heterocycles. The quantitative estimate of drug-likeness (QED) is 0.285. The van der Waals surface area contributed by atoms with Crippen molar-refractivity contribution in [3.05, 3.63) is 24.2 Å². The van der Waals surface area contributed by atoms with Gasteiger partial charge in [-0.25, -0.2) is 0 Å². The van der Waals surface area contributed by atoms with Gasteiger partial charge in [-0.05, 0) is 37.8 Å². The van der Waals surface area contributed by atoms with E-state index in [-0.39, 0.29) is 30.1 Å². The van der Waals surface area contributed by atoms with E-state index in [1.54, 1.807) is 6.26 Å². The van der Waals surface area contributed by atoms with E-state index < -0.39 is 0 Å². The molecule has 5 nitrogen and oxygen atoms in total. The van der Waals surface area contributed by atoms with E-state index in [2.05, 4.69) is 22.5 Å². The highest BCUT2D eigenvalue weighted by Crippen LogP contribution is 2.12. The van der Waals surface area contributed by atoms with Crippen LogP contribution in [0.4, 0.5) is 0 Å². The summed E-state index contributed by atoms with van der Waals surface area (Å²) in [6, 6.07) is 3.92. The molecule has 1 aliphatic heterocycles. The van der Waals surface area contributed by atoms with Crippen molar-refractivity contribution in [3.8, 4) is 0 Å². The summed E-state index contributed by atoms with van der Waals surface area (Å²) in [5, 5.41) is 6.77. The number of guanidine groups is 1. The molecule has 2 N–H and O–H groups in total. The molecule has 23 heavy (non-hydrogen) atoms. The van der Waals surface area contributed by atoms with Crippen molar-refractivity contribution in [1.29, 1.82) is 0 Å². The van der Waals surface area contributed by atoms with Crippen molar-refractivity contribution >= 4 is 29.9 Å². The fourth-order valence-electron chi connectivity index (χ4n) is 2.46. The third kappa shape index (κ3) is 8.60. The minimum Gasteiger partial charge on any atom is -0.469 e. The average molecular weight is 435 g/mol. The predicted molar refractivity (Wildman–Crippen MR) is 105 cm³/mol. The summed E-state index contributed by atoms with van der Waals surface area (Å²) in [5.41, 5.74) is 0. The average Bonchev–Trinajstić information content (AvgIpc) is 3.06. The lowest BCUT2D eigenvalue weighted by Gasteiger charge is -2.21. The van der Waals surface area contributed by atoms with Crippen LogP contribution in [0.25, 0.3) is 0 Å². The van der Waals surface area contributed by atoms with E-state index >= 15 is 0 Å². The standard InChI is InChI=1S/C17H29N3O2.HI/c1-2-3-10-18-17(19-11-9-15-8-6-13-21-15)20-14-16-7-4-5-12-22-16;/h6,8,13,16H,2-5,7,9-12,14H2,1H3,(H2,18,19,20);1H. The Balaban J connectivity index is 0.00000264. The van der Waals surface area contributed by atoms with Gasteiger partial charge in [0, 0.05) is 26.1 Å². The van der Waals surface area contributed by atoms with Crippen LogP contribution in [0.5, 0.6) is 0 Å². The van der Waals surface area contributed by atoms with Gasteiger partial charge in [0.2, 0.25) is 0 Å². The largest absolute Gasteiger partial charge is 0.469 e. The highest BCUT2D eigenvalue weighted by atomic mass is 127. The Labute approximate surface area is 156 Å². The number of nitrogens with one attached hydrogen (secondary N) is 2. The fourth-order valence-corrected chi connectivity index (χ4v) is 2.46. The maximum absolute atomic E-state index is 5.74. The first-order valence-corrected chi connectivity index (χ1v) is 8.54. The molecule has 6 heteroatoms. The van der Waals surface area contributed by atoms with E-state index in [1.807, 2.05) is 12.1 Å². The first-order chi connectivity index (χ1) is 10.9. The van der Waals surface area contributed by atoms with Crippen LogP contribution in [0.2, 0.25) is 0 Å². The maximum atomic E-state index is 5.74. The second-order valence-electron chi connectivity index (χ2n) is 5.71. The molecule has 1 saturated heterocycles. The molecule has 0 aliphatic carbocycles. The molecule has 2 rings (SSSR count). The Morgan fingerprint density at radius 1 is 1.30 bits per heavy atom. The Morgan fingerprint density at radius 3 is 2.87 bits per heavy atom. The summed E-state index contributed by atoms with van der Waals surface area (Å²) in [6.45, 7) is 5.58. The number of nitrogens with zero attached hydrogens (tertiary/aromatic N) is 1. The van der Waals surface area contributed by atoms with Crippen LogP contribution in [0.3, 0.4) is 0 Å². The molecule has 132 valence electrons. The topological polar surface area (TPSA) is 58.8 Å². The molecule has 2 heterocycles. The molecule has 1 unspecified atom stereocenters. The zero-order chi connectivity index (χ0) is 15.5. The van der Waals surface area contributed by atoms with Gasteiger partial charge >= 0.3 is 0 Å². The van der Waals surface area contributed by atoms with Crippen LogP contribution in [0, 0.1) is 0 Å². The maximum Gasteiger partial charge on any atom is 0.191 e. The lowest BCUT2D eigenvalue weighted by molar-refractivity contribution is 0.0224. The van der Waals surface area contributed by atoms with Gasteiger partial charge in [-0.15, -0.1) is 24.0 Å². The molecular formula is C17H30IN3O2. The molecule has 1 atom stereocenters. The number of furan rings is 1. The number of hydrogen-bond acceptors (Lipinski definition) is 3. The van der Waals surface area contributed by atoms with Crippen LogP contribution in [-0.4, -0.2) is 38.3 Å². The van der Waals surface area contributed by atoms with Gasteiger partial charge in [0.1, 0.15) is 5.76 Å². The van der Waals surface area contributed by atoms with Gasteiger partial charge in [0.25, 0.3) is 0 Å². The summed E-state index contributed by atoms with van der Waals surface area (Å²) < 4.78 is 11.1. The second kappa shape index (κ2) is 12.6. The van der Waals surface area contributed by atoms with Crippen molar-refractivity contribution in [1.82, 2.24) is 10.6 Å². The van der Waals surface area contributed by atoms with Crippen molar-refractivity contribution in [2.75, 3.05) is 26.2 Å². The first-order valence-electron chi connectivity index (χ1n) is 8.54. The molecule has 0 spiro atoms. The molecule has 1 aliphatic rings. The number of ether oxygens (including phenoxy) is 1. The van der Waals surface area contributed by atoms with E-state index in [4.69, 9.17) is 9.15 Å². The van der Waals surface area contributed by atoms with Crippen molar-refractivity contribution in [2.45, 2.75) is 51.6 Å². The predicted octanol–water partition coefficient (Wildman–Crippen LogP) is 3.34. The van der Waals surface area contributed by atoms with E-state index in [1.165, 1.54) is 19.3 Å². The second-order valence-corrected chi connectivity index (χ2v) is 5.71. The van der Waals surface area contributed by atoms with Gasteiger partial charge < -0.3 is 19.8 Å². The van der Waals surface area contributed by atoms with Crippen LogP contribution < -0.4 is 10.6 Å². The number of halogens is 1. The summed E-state index contributed by atoms with van der Waals surface area (Å²) >= 11 is 0. The van der Waals surface area contributed by atoms with Gasteiger partial charge in [0.05, 0.1) is 18.9 Å². The summed E-state index contributed by atoms with van der Waals surface area (Å²) in [4.78, 5) is 4.68. The number of unbranched alkanes of at least 4 members (excludes halogenated alkanes) is 1. The highest BCUT2D eigenvalue weighted by molar-refractivity contribution is 14.0. The Hall–Kier alpha value is -0.760. The molecule has 0 radical (unpaired) electrons. The number of rotatable bonds is 8. The molecular weight excluding hydrogens is 405 g/mol. The fraction of sp³-hybridized carbons (Fsp3) is 0.706. The smallest absolute Gasteiger partial charge is 0.191 e. The zero-order valence-electron chi connectivity index (χ0n) is 14.1. The molecule has 0 bridgehead atoms. The van der Waals surface area contributed by atoms with Crippen LogP contribution in [0.1, 0.15) is 44.8 Å². The van der Waals surface area contributed by atoms with Crippen molar-refractivity contribution in [3.63, 3.8) is 0 Å². The third-order valence-corrected chi connectivity index (χ3v) is 3.79.